The van der Waals surface area contributed by atoms with E-state index in [2.05, 4.69) is 15.0 Å². The van der Waals surface area contributed by atoms with Gasteiger partial charge in [-0.15, -0.1) is 0 Å². The Labute approximate surface area is 103 Å². The number of nitrogens with two attached hydrogens (primary N) is 1. The SMILES string of the molecule is C[n+]1cc(CC(C)(C)O)nc2c(=O)[nH]c(N)nc21. The van der Waals surface area contributed by atoms with Crippen molar-refractivity contribution in [2.24, 2.45) is 7.05 Å². The Morgan fingerprint density at radius 1 is 1.50 bits per heavy atom. The summed E-state index contributed by atoms with van der Waals surface area (Å²) in [7, 11) is 1.75. The summed E-state index contributed by atoms with van der Waals surface area (Å²) in [6.45, 7) is 3.37. The standard InChI is InChI=1S/C11H15N5O2/c1-11(2,18)4-6-5-16(3)8-7(13-6)9(17)15-10(12)14-8/h5,18H,4H2,1-3H3,(H2,12,15,17)/p+1. The van der Waals surface area contributed by atoms with Gasteiger partial charge in [-0.1, -0.05) is 0 Å². The fourth-order valence-corrected chi connectivity index (χ4v) is 1.80. The fraction of sp³-hybridized carbons (Fsp3) is 0.455. The number of hydrogen-bond acceptors (Lipinski definition) is 5. The highest BCUT2D eigenvalue weighted by molar-refractivity contribution is 5.65. The second-order valence-corrected chi connectivity index (χ2v) is 4.96. The normalized spacial score (nSPS) is 12.0. The minimum Gasteiger partial charge on any atom is -0.390 e. The van der Waals surface area contributed by atoms with Crippen molar-refractivity contribution in [3.63, 3.8) is 0 Å². The van der Waals surface area contributed by atoms with Crippen molar-refractivity contribution < 1.29 is 9.67 Å². The van der Waals surface area contributed by atoms with Crippen molar-refractivity contribution in [3.05, 3.63) is 22.2 Å². The summed E-state index contributed by atoms with van der Waals surface area (Å²) in [6.07, 6.45) is 2.08. The van der Waals surface area contributed by atoms with E-state index < -0.39 is 5.60 Å². The number of aromatic amines is 1. The second-order valence-electron chi connectivity index (χ2n) is 4.96. The number of nitrogen functional groups attached to an aromatic ring is 1. The minimum absolute atomic E-state index is 0.0557. The fourth-order valence-electron chi connectivity index (χ4n) is 1.80. The highest BCUT2D eigenvalue weighted by Gasteiger charge is 2.20. The van der Waals surface area contributed by atoms with Crippen LogP contribution in [-0.4, -0.2) is 25.7 Å². The van der Waals surface area contributed by atoms with Gasteiger partial charge in [0, 0.05) is 6.42 Å². The lowest BCUT2D eigenvalue weighted by atomic mass is 10.0. The molecule has 96 valence electrons. The monoisotopic (exact) mass is 250 g/mol. The van der Waals surface area contributed by atoms with Gasteiger partial charge in [0.15, 0.2) is 0 Å². The van der Waals surface area contributed by atoms with E-state index >= 15 is 0 Å². The molecule has 0 aromatic carbocycles. The van der Waals surface area contributed by atoms with Gasteiger partial charge in [0.05, 0.1) is 18.3 Å². The molecule has 2 aromatic rings. The zero-order valence-electron chi connectivity index (χ0n) is 10.6. The molecule has 0 aliphatic carbocycles. The average Bonchev–Trinajstić information content (AvgIpc) is 2.17. The maximum Gasteiger partial charge on any atom is 0.358 e. The number of aliphatic hydroxyl groups is 1. The maximum absolute atomic E-state index is 11.8. The molecule has 18 heavy (non-hydrogen) atoms. The number of fused-ring (bicyclic) bond motifs is 1. The third-order valence-electron chi connectivity index (χ3n) is 2.44. The number of anilines is 1. The Morgan fingerprint density at radius 3 is 2.78 bits per heavy atom. The van der Waals surface area contributed by atoms with Gasteiger partial charge in [0.2, 0.25) is 5.52 Å². The Morgan fingerprint density at radius 2 is 2.17 bits per heavy atom. The largest absolute Gasteiger partial charge is 0.390 e. The van der Waals surface area contributed by atoms with Crippen LogP contribution in [0.4, 0.5) is 5.95 Å². The lowest BCUT2D eigenvalue weighted by Gasteiger charge is -2.15. The first-order valence-electron chi connectivity index (χ1n) is 5.54. The molecular weight excluding hydrogens is 234 g/mol. The number of hydrogen-bond donors (Lipinski definition) is 3. The van der Waals surface area contributed by atoms with Crippen LogP contribution < -0.4 is 15.9 Å². The first kappa shape index (κ1) is 12.4. The molecule has 0 spiro atoms. The van der Waals surface area contributed by atoms with Crippen molar-refractivity contribution in [2.45, 2.75) is 25.9 Å². The Balaban J connectivity index is 2.66. The molecule has 0 saturated heterocycles. The summed E-state index contributed by atoms with van der Waals surface area (Å²) in [5, 5.41) is 9.78. The summed E-state index contributed by atoms with van der Waals surface area (Å²) in [5.41, 5.74) is 5.46. The van der Waals surface area contributed by atoms with Crippen molar-refractivity contribution in [2.75, 3.05) is 5.73 Å². The summed E-state index contributed by atoms with van der Waals surface area (Å²) in [5.74, 6) is 0.0557. The number of aromatic nitrogens is 4. The third-order valence-corrected chi connectivity index (χ3v) is 2.44. The molecule has 0 atom stereocenters. The molecule has 2 aromatic heterocycles. The van der Waals surface area contributed by atoms with Crippen LogP contribution in [0, 0.1) is 0 Å². The predicted octanol–water partition coefficient (Wildman–Crippen LogP) is -0.962. The number of H-pyrrole nitrogens is 1. The smallest absolute Gasteiger partial charge is 0.358 e. The predicted molar refractivity (Wildman–Crippen MR) is 65.7 cm³/mol. The van der Waals surface area contributed by atoms with Crippen molar-refractivity contribution in [1.29, 1.82) is 0 Å². The van der Waals surface area contributed by atoms with Gasteiger partial charge in [0.1, 0.15) is 6.20 Å². The molecule has 7 nitrogen and oxygen atoms in total. The zero-order chi connectivity index (χ0) is 13.5. The zero-order valence-corrected chi connectivity index (χ0v) is 10.6. The number of nitrogens with zero attached hydrogens (tertiary/aromatic N) is 3. The third kappa shape index (κ3) is 2.45. The highest BCUT2D eigenvalue weighted by Crippen LogP contribution is 2.10. The quantitative estimate of drug-likeness (QED) is 0.595. The van der Waals surface area contributed by atoms with Gasteiger partial charge in [-0.2, -0.15) is 0 Å². The molecule has 4 N–H and O–H groups in total. The first-order chi connectivity index (χ1) is 8.26. The molecule has 0 radical (unpaired) electrons. The molecule has 0 saturated carbocycles. The molecule has 0 aliphatic rings. The van der Waals surface area contributed by atoms with E-state index in [0.717, 1.165) is 0 Å². The molecule has 0 unspecified atom stereocenters. The van der Waals surface area contributed by atoms with E-state index in [4.69, 9.17) is 5.73 Å². The van der Waals surface area contributed by atoms with E-state index in [9.17, 15) is 9.90 Å². The molecule has 0 bridgehead atoms. The lowest BCUT2D eigenvalue weighted by Crippen LogP contribution is -2.35. The van der Waals surface area contributed by atoms with Gasteiger partial charge in [-0.3, -0.25) is 9.78 Å². The molecule has 2 heterocycles. The first-order valence-corrected chi connectivity index (χ1v) is 5.54. The van der Waals surface area contributed by atoms with Crippen LogP contribution >= 0.6 is 0 Å². The highest BCUT2D eigenvalue weighted by atomic mass is 16.3. The van der Waals surface area contributed by atoms with E-state index in [-0.39, 0.29) is 17.0 Å². The van der Waals surface area contributed by atoms with Crippen molar-refractivity contribution in [3.8, 4) is 0 Å². The number of nitrogens with one attached hydrogen (secondary N) is 1. The van der Waals surface area contributed by atoms with E-state index in [0.29, 0.717) is 17.8 Å². The molecule has 2 rings (SSSR count). The minimum atomic E-state index is -0.887. The van der Waals surface area contributed by atoms with Gasteiger partial charge in [-0.05, 0) is 18.8 Å². The van der Waals surface area contributed by atoms with Gasteiger partial charge < -0.3 is 10.8 Å². The van der Waals surface area contributed by atoms with Crippen LogP contribution in [0.25, 0.3) is 11.2 Å². The van der Waals surface area contributed by atoms with Crippen LogP contribution in [0.1, 0.15) is 19.5 Å². The molecule has 0 fully saturated rings. The van der Waals surface area contributed by atoms with E-state index in [1.807, 2.05) is 0 Å². The van der Waals surface area contributed by atoms with Crippen molar-refractivity contribution in [1.82, 2.24) is 15.0 Å². The van der Waals surface area contributed by atoms with Crippen LogP contribution in [0.2, 0.25) is 0 Å². The Kier molecular flexibility index (Phi) is 2.78. The lowest BCUT2D eigenvalue weighted by molar-refractivity contribution is -0.647. The summed E-state index contributed by atoms with van der Waals surface area (Å²) >= 11 is 0. The van der Waals surface area contributed by atoms with E-state index in [1.165, 1.54) is 0 Å². The molecule has 0 amide bonds. The van der Waals surface area contributed by atoms with Crippen LogP contribution in [0.15, 0.2) is 11.0 Å². The summed E-state index contributed by atoms with van der Waals surface area (Å²) in [6, 6.07) is 0. The summed E-state index contributed by atoms with van der Waals surface area (Å²) < 4.78 is 1.68. The molecule has 7 heteroatoms. The van der Waals surface area contributed by atoms with Gasteiger partial charge in [-0.25, -0.2) is 9.55 Å². The Bertz CT molecular complexity index is 657. The second kappa shape index (κ2) is 4.02. The molecule has 0 aliphatic heterocycles. The summed E-state index contributed by atoms with van der Waals surface area (Å²) in [4.78, 5) is 22.4. The van der Waals surface area contributed by atoms with E-state index in [1.54, 1.807) is 31.7 Å². The topological polar surface area (TPSA) is 109 Å². The molecular formula is C11H16N5O2+. The van der Waals surface area contributed by atoms with Crippen LogP contribution in [0.5, 0.6) is 0 Å². The van der Waals surface area contributed by atoms with Crippen LogP contribution in [0.3, 0.4) is 0 Å². The number of rotatable bonds is 2. The van der Waals surface area contributed by atoms with Gasteiger partial charge in [0.25, 0.3) is 5.56 Å². The Hall–Kier alpha value is -2.02. The van der Waals surface area contributed by atoms with Crippen molar-refractivity contribution >= 4 is 17.1 Å². The maximum atomic E-state index is 11.8. The van der Waals surface area contributed by atoms with Gasteiger partial charge >= 0.3 is 11.6 Å². The average molecular weight is 250 g/mol. The number of aryl methyl sites for hydroxylation is 1. The van der Waals surface area contributed by atoms with Crippen LogP contribution in [-0.2, 0) is 13.5 Å².